The van der Waals surface area contributed by atoms with Crippen LogP contribution in [0.2, 0.25) is 0 Å². The van der Waals surface area contributed by atoms with E-state index in [0.717, 1.165) is 36.3 Å². The lowest BCUT2D eigenvalue weighted by molar-refractivity contribution is -0.139. The summed E-state index contributed by atoms with van der Waals surface area (Å²) < 4.78 is 6.59. The highest BCUT2D eigenvalue weighted by molar-refractivity contribution is 8.01. The van der Waals surface area contributed by atoms with E-state index in [4.69, 9.17) is 4.74 Å². The molecule has 146 valence electrons. The monoisotopic (exact) mass is 405 g/mol. The number of fused-ring (bicyclic) bond motifs is 1. The number of esters is 1. The number of rotatable bonds is 6. The Kier molecular flexibility index (Phi) is 6.58. The zero-order valence-electron chi connectivity index (χ0n) is 16.5. The first-order chi connectivity index (χ1) is 13.0. The van der Waals surface area contributed by atoms with Crippen molar-refractivity contribution in [1.82, 2.24) is 0 Å². The summed E-state index contributed by atoms with van der Waals surface area (Å²) in [7, 11) is 0. The van der Waals surface area contributed by atoms with Crippen LogP contribution in [0.4, 0.5) is 0 Å². The number of hydrogen-bond acceptors (Lipinski definition) is 6. The number of carbonyl (C=O) groups excluding carboxylic acids is 2. The average Bonchev–Trinajstić information content (AvgIpc) is 3.04. The molecular formula is C21H27NO3S2. The molecule has 2 heterocycles. The molecule has 2 aliphatic rings. The molecule has 3 rings (SSSR count). The van der Waals surface area contributed by atoms with Crippen molar-refractivity contribution in [3.8, 4) is 0 Å². The number of carbonyl (C=O) groups is 2. The molecule has 27 heavy (non-hydrogen) atoms. The first kappa shape index (κ1) is 20.3. The van der Waals surface area contributed by atoms with Gasteiger partial charge in [-0.3, -0.25) is 9.79 Å². The van der Waals surface area contributed by atoms with Gasteiger partial charge in [0.05, 0.1) is 22.3 Å². The molecule has 0 radical (unpaired) electrons. The van der Waals surface area contributed by atoms with E-state index >= 15 is 0 Å². The average molecular weight is 406 g/mol. The summed E-state index contributed by atoms with van der Waals surface area (Å²) in [6.45, 7) is 8.28. The fourth-order valence-corrected chi connectivity index (χ4v) is 6.40. The maximum Gasteiger partial charge on any atom is 0.336 e. The third-order valence-corrected chi connectivity index (χ3v) is 7.62. The topological polar surface area (TPSA) is 55.7 Å². The summed E-state index contributed by atoms with van der Waals surface area (Å²) in [5.74, 6) is 0.238. The van der Waals surface area contributed by atoms with Gasteiger partial charge < -0.3 is 4.74 Å². The Hall–Kier alpha value is -1.40. The van der Waals surface area contributed by atoms with Gasteiger partial charge in [0.15, 0.2) is 0 Å². The molecule has 1 saturated carbocycles. The van der Waals surface area contributed by atoms with E-state index in [9.17, 15) is 9.59 Å². The maximum atomic E-state index is 12.9. The van der Waals surface area contributed by atoms with Crippen molar-refractivity contribution in [2.45, 2.75) is 63.5 Å². The van der Waals surface area contributed by atoms with E-state index in [1.807, 2.05) is 13.8 Å². The van der Waals surface area contributed by atoms with Crippen LogP contribution < -0.4 is 0 Å². The van der Waals surface area contributed by atoms with Gasteiger partial charge in [-0.05, 0) is 50.5 Å². The largest absolute Gasteiger partial charge is 0.463 e. The molecule has 6 heteroatoms. The predicted octanol–water partition coefficient (Wildman–Crippen LogP) is 5.17. The first-order valence-corrected chi connectivity index (χ1v) is 11.5. The van der Waals surface area contributed by atoms with Gasteiger partial charge in [0, 0.05) is 28.6 Å². The van der Waals surface area contributed by atoms with E-state index in [-0.39, 0.29) is 23.6 Å². The standard InChI is InChI=1S/C21H27NO3S2/c1-5-13-11-14(21(27-13)26-7-3)18-17(20(24)25-6-2)12(4)22-15-9-8-10-16(23)19(15)18/h11,18-19H,5-10H2,1-4H3/t18-,19?/m1/s1. The molecule has 1 aliphatic carbocycles. The van der Waals surface area contributed by atoms with Crippen molar-refractivity contribution < 1.29 is 14.3 Å². The molecule has 4 nitrogen and oxygen atoms in total. The summed E-state index contributed by atoms with van der Waals surface area (Å²) >= 11 is 3.58. The zero-order valence-corrected chi connectivity index (χ0v) is 18.1. The number of ether oxygens (including phenoxy) is 1. The van der Waals surface area contributed by atoms with E-state index < -0.39 is 0 Å². The van der Waals surface area contributed by atoms with Crippen LogP contribution in [0.5, 0.6) is 0 Å². The second-order valence-corrected chi connectivity index (χ2v) is 9.51. The summed E-state index contributed by atoms with van der Waals surface area (Å²) in [6.07, 6.45) is 3.20. The number of hydrogen-bond donors (Lipinski definition) is 0. The minimum atomic E-state index is -0.335. The summed E-state index contributed by atoms with van der Waals surface area (Å²) in [5.41, 5.74) is 3.33. The highest BCUT2D eigenvalue weighted by Crippen LogP contribution is 2.48. The van der Waals surface area contributed by atoms with Gasteiger partial charge in [-0.2, -0.15) is 0 Å². The molecule has 1 aromatic rings. The van der Waals surface area contributed by atoms with Crippen molar-refractivity contribution in [1.29, 1.82) is 0 Å². The Morgan fingerprint density at radius 3 is 2.74 bits per heavy atom. The van der Waals surface area contributed by atoms with E-state index in [1.165, 1.54) is 9.09 Å². The van der Waals surface area contributed by atoms with Crippen molar-refractivity contribution in [3.63, 3.8) is 0 Å². The SMILES string of the molecule is CCOC(=O)C1=C(C)N=C2CCCC(=O)C2[C@@H]1c1cc(CC)sc1SCC. The molecule has 1 aromatic heterocycles. The van der Waals surface area contributed by atoms with Gasteiger partial charge in [-0.15, -0.1) is 23.1 Å². The second-order valence-electron chi connectivity index (χ2n) is 6.84. The number of aliphatic imine (C=N–C) groups is 1. The van der Waals surface area contributed by atoms with E-state index in [2.05, 4.69) is 24.9 Å². The molecule has 1 aliphatic heterocycles. The third kappa shape index (κ3) is 3.92. The Labute approximate surface area is 169 Å². The lowest BCUT2D eigenvalue weighted by Gasteiger charge is -2.35. The predicted molar refractivity (Wildman–Crippen MR) is 112 cm³/mol. The Morgan fingerprint density at radius 1 is 1.30 bits per heavy atom. The number of nitrogens with zero attached hydrogens (tertiary/aromatic N) is 1. The van der Waals surface area contributed by atoms with Crippen molar-refractivity contribution in [2.75, 3.05) is 12.4 Å². The zero-order chi connectivity index (χ0) is 19.6. The van der Waals surface area contributed by atoms with Gasteiger partial charge in [0.1, 0.15) is 5.78 Å². The quantitative estimate of drug-likeness (QED) is 0.484. The number of thioether (sulfide) groups is 1. The van der Waals surface area contributed by atoms with Crippen LogP contribution in [-0.2, 0) is 20.7 Å². The Morgan fingerprint density at radius 2 is 2.07 bits per heavy atom. The van der Waals surface area contributed by atoms with Crippen LogP contribution in [0, 0.1) is 5.92 Å². The first-order valence-electron chi connectivity index (χ1n) is 9.75. The van der Waals surface area contributed by atoms with Crippen LogP contribution in [0.3, 0.4) is 0 Å². The summed E-state index contributed by atoms with van der Waals surface area (Å²) in [6, 6.07) is 2.20. The van der Waals surface area contributed by atoms with Crippen LogP contribution >= 0.6 is 23.1 Å². The lowest BCUT2D eigenvalue weighted by Crippen LogP contribution is -2.39. The molecule has 0 amide bonds. The van der Waals surface area contributed by atoms with Crippen LogP contribution in [-0.4, -0.2) is 29.8 Å². The van der Waals surface area contributed by atoms with Gasteiger partial charge in [-0.25, -0.2) is 4.79 Å². The van der Waals surface area contributed by atoms with Crippen LogP contribution in [0.1, 0.15) is 63.3 Å². The number of aryl methyl sites for hydroxylation is 1. The fourth-order valence-electron chi connectivity index (χ4n) is 4.00. The number of ketones is 1. The molecular weight excluding hydrogens is 378 g/mol. The van der Waals surface area contributed by atoms with Crippen molar-refractivity contribution in [2.24, 2.45) is 10.9 Å². The molecule has 0 spiro atoms. The van der Waals surface area contributed by atoms with Gasteiger partial charge in [-0.1, -0.05) is 13.8 Å². The Balaban J connectivity index is 2.18. The van der Waals surface area contributed by atoms with Crippen molar-refractivity contribution in [3.05, 3.63) is 27.8 Å². The molecule has 0 N–H and O–H groups in total. The van der Waals surface area contributed by atoms with Gasteiger partial charge >= 0.3 is 5.97 Å². The highest BCUT2D eigenvalue weighted by Gasteiger charge is 2.44. The van der Waals surface area contributed by atoms with E-state index in [0.29, 0.717) is 24.3 Å². The maximum absolute atomic E-state index is 12.9. The fraction of sp³-hybridized carbons (Fsp3) is 0.571. The highest BCUT2D eigenvalue weighted by atomic mass is 32.2. The summed E-state index contributed by atoms with van der Waals surface area (Å²) in [5, 5.41) is 0. The smallest absolute Gasteiger partial charge is 0.336 e. The summed E-state index contributed by atoms with van der Waals surface area (Å²) in [4.78, 5) is 31.8. The van der Waals surface area contributed by atoms with Crippen LogP contribution in [0.15, 0.2) is 26.5 Å². The van der Waals surface area contributed by atoms with Crippen LogP contribution in [0.25, 0.3) is 0 Å². The minimum absolute atomic E-state index is 0.205. The normalized spacial score (nSPS) is 22.5. The van der Waals surface area contributed by atoms with Gasteiger partial charge in [0.2, 0.25) is 0 Å². The lowest BCUT2D eigenvalue weighted by atomic mass is 9.70. The van der Waals surface area contributed by atoms with Gasteiger partial charge in [0.25, 0.3) is 0 Å². The molecule has 2 atom stereocenters. The number of allylic oxidation sites excluding steroid dienone is 1. The third-order valence-electron chi connectivity index (χ3n) is 5.14. The molecule has 0 saturated heterocycles. The second kappa shape index (κ2) is 8.74. The molecule has 1 unspecified atom stereocenters. The molecule has 0 bridgehead atoms. The number of Topliss-reactive ketones (excluding diaryl/α,β-unsaturated/α-hetero) is 1. The van der Waals surface area contributed by atoms with Crippen molar-refractivity contribution >= 4 is 40.6 Å². The molecule has 1 fully saturated rings. The number of thiophene rings is 1. The minimum Gasteiger partial charge on any atom is -0.463 e. The molecule has 0 aromatic carbocycles. The Bertz CT molecular complexity index is 806. The van der Waals surface area contributed by atoms with E-state index in [1.54, 1.807) is 23.1 Å².